The van der Waals surface area contributed by atoms with Crippen LogP contribution < -0.4 is 0 Å². The summed E-state index contributed by atoms with van der Waals surface area (Å²) in [6, 6.07) is 0. The highest BCUT2D eigenvalue weighted by molar-refractivity contribution is 4.81. The molecule has 0 aromatic heterocycles. The Hall–Kier alpha value is -0.300. The minimum absolute atomic E-state index is 0.367. The Morgan fingerprint density at radius 2 is 0.760 bits per heavy atom. The predicted molar refractivity (Wildman–Crippen MR) is 114 cm³/mol. The Balaban J connectivity index is 3.04. The molecule has 1 N–H and O–H groups in total. The first-order chi connectivity index (χ1) is 12.4. The number of aliphatic hydroxyl groups excluding tert-OH is 1. The monoisotopic (exact) mass is 352 g/mol. The first-order valence-corrected chi connectivity index (χ1v) is 11.7. The summed E-state index contributed by atoms with van der Waals surface area (Å²) in [5.74, 6) is 0. The van der Waals surface area contributed by atoms with E-state index >= 15 is 0 Å². The fourth-order valence-electron chi connectivity index (χ4n) is 3.42. The molecule has 0 spiro atoms. The minimum atomic E-state index is 0.367. The maximum atomic E-state index is 8.72. The highest BCUT2D eigenvalue weighted by atomic mass is 16.2. The van der Waals surface area contributed by atoms with Gasteiger partial charge in [-0.1, -0.05) is 115 Å². The molecular weight excluding hydrogens is 304 g/mol. The lowest BCUT2D eigenvalue weighted by molar-refractivity contribution is 0.282. The molecule has 0 bridgehead atoms. The Kier molecular flexibility index (Phi) is 23.4. The second-order valence-corrected chi connectivity index (χ2v) is 7.78. The summed E-state index contributed by atoms with van der Waals surface area (Å²) < 4.78 is 0. The minimum Gasteiger partial charge on any atom is -0.396 e. The van der Waals surface area contributed by atoms with Crippen LogP contribution in [0.15, 0.2) is 12.2 Å². The number of aliphatic hydroxyl groups is 1. The van der Waals surface area contributed by atoms with Crippen LogP contribution in [0.4, 0.5) is 0 Å². The number of rotatable bonds is 21. The van der Waals surface area contributed by atoms with Crippen LogP contribution in [0.3, 0.4) is 0 Å². The number of hydrogen-bond acceptors (Lipinski definition) is 1. The van der Waals surface area contributed by atoms with Crippen LogP contribution in [-0.4, -0.2) is 11.7 Å². The molecule has 0 aromatic carbocycles. The summed E-state index contributed by atoms with van der Waals surface area (Å²) in [6.45, 7) is 2.66. The molecule has 1 heteroatoms. The summed E-state index contributed by atoms with van der Waals surface area (Å²) in [5.41, 5.74) is 0. The van der Waals surface area contributed by atoms with E-state index in [4.69, 9.17) is 5.11 Å². The zero-order valence-corrected chi connectivity index (χ0v) is 17.5. The average Bonchev–Trinajstić information content (AvgIpc) is 2.63. The molecule has 25 heavy (non-hydrogen) atoms. The number of unbranched alkanes of at least 4 members (excludes halogenated alkanes) is 18. The normalized spacial score (nSPS) is 11.6. The van der Waals surface area contributed by atoms with Crippen LogP contribution in [0, 0.1) is 0 Å². The summed E-state index contributed by atoms with van der Waals surface area (Å²) in [6.07, 6.45) is 32.1. The topological polar surface area (TPSA) is 20.2 Å². The van der Waals surface area contributed by atoms with Gasteiger partial charge in [0, 0.05) is 6.61 Å². The van der Waals surface area contributed by atoms with Gasteiger partial charge in [-0.25, -0.2) is 0 Å². The Labute approximate surface area is 159 Å². The Morgan fingerprint density at radius 1 is 0.440 bits per heavy atom. The highest BCUT2D eigenvalue weighted by Crippen LogP contribution is 2.12. The molecule has 0 rings (SSSR count). The van der Waals surface area contributed by atoms with Crippen molar-refractivity contribution in [2.75, 3.05) is 6.61 Å². The van der Waals surface area contributed by atoms with Gasteiger partial charge in [-0.15, -0.1) is 0 Å². The highest BCUT2D eigenvalue weighted by Gasteiger charge is 1.93. The number of hydrogen-bond donors (Lipinski definition) is 1. The van der Waals surface area contributed by atoms with Gasteiger partial charge in [0.05, 0.1) is 0 Å². The average molecular weight is 353 g/mol. The standard InChI is InChI=1S/C24H48O/c1-2-3-4-5-6-7-8-9-10-11-12-13-14-15-16-17-18-19-20-21-22-23-24-25/h13-14,25H,2-12,15-24H2,1H3. The van der Waals surface area contributed by atoms with Crippen molar-refractivity contribution < 1.29 is 5.11 Å². The second-order valence-electron chi connectivity index (χ2n) is 7.78. The van der Waals surface area contributed by atoms with E-state index in [1.165, 1.54) is 122 Å². The fourth-order valence-corrected chi connectivity index (χ4v) is 3.42. The van der Waals surface area contributed by atoms with Crippen LogP contribution in [0.25, 0.3) is 0 Å². The molecule has 150 valence electrons. The SMILES string of the molecule is CCCCCCCCCCCCC=CCCCCCCCCCCO. The molecule has 0 fully saturated rings. The van der Waals surface area contributed by atoms with Crippen LogP contribution >= 0.6 is 0 Å². The predicted octanol–water partition coefficient (Wildman–Crippen LogP) is 8.36. The van der Waals surface area contributed by atoms with Gasteiger partial charge in [0.25, 0.3) is 0 Å². The van der Waals surface area contributed by atoms with E-state index in [1.807, 2.05) is 0 Å². The fraction of sp³-hybridized carbons (Fsp3) is 0.917. The molecule has 0 aromatic rings. The summed E-state index contributed by atoms with van der Waals surface area (Å²) in [7, 11) is 0. The van der Waals surface area contributed by atoms with Crippen molar-refractivity contribution in [2.24, 2.45) is 0 Å². The van der Waals surface area contributed by atoms with E-state index in [0.717, 1.165) is 6.42 Å². The first-order valence-electron chi connectivity index (χ1n) is 11.7. The van der Waals surface area contributed by atoms with Crippen LogP contribution in [-0.2, 0) is 0 Å². The van der Waals surface area contributed by atoms with Gasteiger partial charge in [0.2, 0.25) is 0 Å². The third kappa shape index (κ3) is 23.7. The van der Waals surface area contributed by atoms with Gasteiger partial charge in [-0.3, -0.25) is 0 Å². The maximum absolute atomic E-state index is 8.72. The lowest BCUT2D eigenvalue weighted by Gasteiger charge is -2.01. The van der Waals surface area contributed by atoms with E-state index in [2.05, 4.69) is 19.1 Å². The van der Waals surface area contributed by atoms with Crippen LogP contribution in [0.5, 0.6) is 0 Å². The smallest absolute Gasteiger partial charge is 0.0431 e. The van der Waals surface area contributed by atoms with E-state index in [9.17, 15) is 0 Å². The van der Waals surface area contributed by atoms with Crippen molar-refractivity contribution in [2.45, 2.75) is 135 Å². The third-order valence-corrected chi connectivity index (χ3v) is 5.17. The van der Waals surface area contributed by atoms with Crippen molar-refractivity contribution in [3.05, 3.63) is 12.2 Å². The van der Waals surface area contributed by atoms with Crippen LogP contribution in [0.1, 0.15) is 135 Å². The van der Waals surface area contributed by atoms with Gasteiger partial charge in [-0.2, -0.15) is 0 Å². The quantitative estimate of drug-likeness (QED) is 0.162. The lowest BCUT2D eigenvalue weighted by atomic mass is 10.1. The van der Waals surface area contributed by atoms with Crippen molar-refractivity contribution in [1.82, 2.24) is 0 Å². The maximum Gasteiger partial charge on any atom is 0.0431 e. The van der Waals surface area contributed by atoms with Gasteiger partial charge >= 0.3 is 0 Å². The van der Waals surface area contributed by atoms with Crippen molar-refractivity contribution in [3.8, 4) is 0 Å². The zero-order valence-electron chi connectivity index (χ0n) is 17.5. The molecule has 0 saturated carbocycles. The van der Waals surface area contributed by atoms with E-state index in [0.29, 0.717) is 6.61 Å². The Bertz CT molecular complexity index is 246. The van der Waals surface area contributed by atoms with Gasteiger partial charge in [0.15, 0.2) is 0 Å². The third-order valence-electron chi connectivity index (χ3n) is 5.17. The molecule has 0 radical (unpaired) electrons. The molecular formula is C24H48O. The molecule has 0 heterocycles. The zero-order chi connectivity index (χ0) is 18.3. The van der Waals surface area contributed by atoms with E-state index in [-0.39, 0.29) is 0 Å². The summed E-state index contributed by atoms with van der Waals surface area (Å²) >= 11 is 0. The molecule has 0 aliphatic carbocycles. The second kappa shape index (κ2) is 23.7. The summed E-state index contributed by atoms with van der Waals surface area (Å²) in [4.78, 5) is 0. The Morgan fingerprint density at radius 3 is 1.12 bits per heavy atom. The molecule has 1 nitrogen and oxygen atoms in total. The van der Waals surface area contributed by atoms with Crippen LogP contribution in [0.2, 0.25) is 0 Å². The van der Waals surface area contributed by atoms with Gasteiger partial charge < -0.3 is 5.11 Å². The molecule has 0 unspecified atom stereocenters. The van der Waals surface area contributed by atoms with Gasteiger partial charge in [-0.05, 0) is 32.1 Å². The van der Waals surface area contributed by atoms with E-state index in [1.54, 1.807) is 0 Å². The first kappa shape index (κ1) is 24.7. The van der Waals surface area contributed by atoms with Crippen molar-refractivity contribution in [1.29, 1.82) is 0 Å². The lowest BCUT2D eigenvalue weighted by Crippen LogP contribution is -1.84. The molecule has 0 amide bonds. The van der Waals surface area contributed by atoms with E-state index < -0.39 is 0 Å². The molecule has 0 aliphatic heterocycles. The summed E-state index contributed by atoms with van der Waals surface area (Å²) in [5, 5.41) is 8.72. The molecule has 0 aliphatic rings. The number of allylic oxidation sites excluding steroid dienone is 2. The van der Waals surface area contributed by atoms with Crippen molar-refractivity contribution in [3.63, 3.8) is 0 Å². The largest absolute Gasteiger partial charge is 0.396 e. The molecule has 0 atom stereocenters. The molecule has 0 saturated heterocycles. The van der Waals surface area contributed by atoms with Crippen molar-refractivity contribution >= 4 is 0 Å². The van der Waals surface area contributed by atoms with Gasteiger partial charge in [0.1, 0.15) is 0 Å².